The van der Waals surface area contributed by atoms with Gasteiger partial charge >= 0.3 is 0 Å². The first kappa shape index (κ1) is 14.2. The molecule has 2 nitrogen and oxygen atoms in total. The summed E-state index contributed by atoms with van der Waals surface area (Å²) in [5.41, 5.74) is 4.16. The summed E-state index contributed by atoms with van der Waals surface area (Å²) in [6, 6.07) is 2.82. The Bertz CT molecular complexity index is 494. The Hall–Kier alpha value is -0.760. The van der Waals surface area contributed by atoms with Crippen LogP contribution in [0.1, 0.15) is 82.0 Å². The molecule has 2 unspecified atom stereocenters. The van der Waals surface area contributed by atoms with Gasteiger partial charge in [0.05, 0.1) is 6.10 Å². The normalized spacial score (nSPS) is 27.6. The number of rotatable bonds is 2. The highest BCUT2D eigenvalue weighted by Gasteiger charge is 2.36. The molecule has 20 heavy (non-hydrogen) atoms. The molecular weight excluding hydrogens is 246 g/mol. The van der Waals surface area contributed by atoms with Crippen molar-refractivity contribution in [3.8, 4) is 0 Å². The van der Waals surface area contributed by atoms with Crippen LogP contribution in [0, 0.1) is 18.3 Å². The summed E-state index contributed by atoms with van der Waals surface area (Å²) in [5, 5.41) is 10.5. The Morgan fingerprint density at radius 1 is 1.30 bits per heavy atom. The molecule has 2 aliphatic carbocycles. The summed E-state index contributed by atoms with van der Waals surface area (Å²) in [5.74, 6) is 0.826. The van der Waals surface area contributed by atoms with Gasteiger partial charge in [-0.15, -0.1) is 0 Å². The molecule has 1 aromatic heterocycles. The molecule has 1 heterocycles. The van der Waals surface area contributed by atoms with Crippen molar-refractivity contribution in [2.24, 2.45) is 11.3 Å². The van der Waals surface area contributed by atoms with Crippen LogP contribution in [-0.2, 0) is 6.42 Å². The molecule has 0 amide bonds. The molecular formula is C18H29NO. The topological polar surface area (TPSA) is 25.2 Å². The van der Waals surface area contributed by atoms with Crippen LogP contribution in [0.15, 0.2) is 6.07 Å². The third kappa shape index (κ3) is 2.32. The van der Waals surface area contributed by atoms with Gasteiger partial charge in [0.25, 0.3) is 0 Å². The minimum absolute atomic E-state index is 0.213. The zero-order valence-electron chi connectivity index (χ0n) is 13.4. The molecule has 0 bridgehead atoms. The second-order valence-corrected chi connectivity index (χ2v) is 7.90. The molecule has 2 heteroatoms. The average Bonchev–Trinajstić information content (AvgIpc) is 2.94. The molecule has 112 valence electrons. The van der Waals surface area contributed by atoms with Crippen LogP contribution < -0.4 is 0 Å². The molecule has 1 aromatic rings. The van der Waals surface area contributed by atoms with Gasteiger partial charge in [-0.25, -0.2) is 0 Å². The molecule has 0 aromatic carbocycles. The fourth-order valence-corrected chi connectivity index (χ4v) is 4.58. The first-order chi connectivity index (χ1) is 9.39. The Balaban J connectivity index is 1.99. The van der Waals surface area contributed by atoms with Gasteiger partial charge in [-0.2, -0.15) is 0 Å². The van der Waals surface area contributed by atoms with E-state index < -0.39 is 0 Å². The first-order valence-electron chi connectivity index (χ1n) is 8.28. The number of nitrogens with zero attached hydrogens (tertiary/aromatic N) is 1. The zero-order valence-corrected chi connectivity index (χ0v) is 13.4. The van der Waals surface area contributed by atoms with E-state index in [9.17, 15) is 5.11 Å². The lowest BCUT2D eigenvalue weighted by molar-refractivity contribution is 0.0970. The predicted molar refractivity (Wildman–Crippen MR) is 82.9 cm³/mol. The number of hydrogen-bond acceptors (Lipinski definition) is 1. The van der Waals surface area contributed by atoms with E-state index in [1.165, 1.54) is 42.6 Å². The van der Waals surface area contributed by atoms with Crippen LogP contribution in [0.3, 0.4) is 0 Å². The lowest BCUT2D eigenvalue weighted by atomic mass is 9.75. The number of fused-ring (bicyclic) bond motifs is 1. The van der Waals surface area contributed by atoms with Crippen molar-refractivity contribution in [2.75, 3.05) is 0 Å². The Kier molecular flexibility index (Phi) is 3.48. The van der Waals surface area contributed by atoms with Crippen molar-refractivity contribution in [3.05, 3.63) is 23.0 Å². The number of hydrogen-bond donors (Lipinski definition) is 1. The quantitative estimate of drug-likeness (QED) is 0.841. The SMILES string of the molecule is Cc1cc2c(n1C(C)C1CCCC1)CC(C)(C)CC2O. The summed E-state index contributed by atoms with van der Waals surface area (Å²) in [6.07, 6.45) is 7.26. The fourth-order valence-electron chi connectivity index (χ4n) is 4.58. The maximum atomic E-state index is 10.5. The third-order valence-electron chi connectivity index (χ3n) is 5.61. The molecule has 2 atom stereocenters. The van der Waals surface area contributed by atoms with E-state index >= 15 is 0 Å². The maximum Gasteiger partial charge on any atom is 0.0812 e. The van der Waals surface area contributed by atoms with Gasteiger partial charge in [0.1, 0.15) is 0 Å². The molecule has 1 N–H and O–H groups in total. The Morgan fingerprint density at radius 2 is 1.95 bits per heavy atom. The van der Waals surface area contributed by atoms with Crippen LogP contribution in [-0.4, -0.2) is 9.67 Å². The maximum absolute atomic E-state index is 10.5. The van der Waals surface area contributed by atoms with Gasteiger partial charge in [-0.1, -0.05) is 26.7 Å². The lowest BCUT2D eigenvalue weighted by Crippen LogP contribution is -2.28. The molecule has 1 fully saturated rings. The minimum Gasteiger partial charge on any atom is -0.388 e. The zero-order chi connectivity index (χ0) is 14.5. The molecule has 2 aliphatic rings. The highest BCUT2D eigenvalue weighted by molar-refractivity contribution is 5.34. The second kappa shape index (κ2) is 4.91. The van der Waals surface area contributed by atoms with Gasteiger partial charge in [0.2, 0.25) is 0 Å². The van der Waals surface area contributed by atoms with Crippen LogP contribution in [0.25, 0.3) is 0 Å². The van der Waals surface area contributed by atoms with E-state index in [1.54, 1.807) is 0 Å². The predicted octanol–water partition coefficient (Wildman–Crippen LogP) is 4.55. The first-order valence-corrected chi connectivity index (χ1v) is 8.28. The molecule has 1 saturated carbocycles. The van der Waals surface area contributed by atoms with E-state index in [2.05, 4.69) is 38.3 Å². The summed E-state index contributed by atoms with van der Waals surface area (Å²) < 4.78 is 2.55. The fraction of sp³-hybridized carbons (Fsp3) is 0.778. The van der Waals surface area contributed by atoms with E-state index in [-0.39, 0.29) is 11.5 Å². The van der Waals surface area contributed by atoms with Crippen molar-refractivity contribution in [3.63, 3.8) is 0 Å². The lowest BCUT2D eigenvalue weighted by Gasteiger charge is -2.35. The monoisotopic (exact) mass is 275 g/mol. The Morgan fingerprint density at radius 3 is 2.60 bits per heavy atom. The smallest absolute Gasteiger partial charge is 0.0812 e. The van der Waals surface area contributed by atoms with Gasteiger partial charge in [-0.3, -0.25) is 0 Å². The van der Waals surface area contributed by atoms with E-state index in [4.69, 9.17) is 0 Å². The van der Waals surface area contributed by atoms with Crippen LogP contribution >= 0.6 is 0 Å². The van der Waals surface area contributed by atoms with E-state index in [1.807, 2.05) is 0 Å². The molecule has 0 radical (unpaired) electrons. The summed E-state index contributed by atoms with van der Waals surface area (Å²) in [4.78, 5) is 0. The average molecular weight is 275 g/mol. The highest BCUT2D eigenvalue weighted by Crippen LogP contribution is 2.44. The summed E-state index contributed by atoms with van der Waals surface area (Å²) in [6.45, 7) is 9.17. The van der Waals surface area contributed by atoms with Gasteiger partial charge in [0.15, 0.2) is 0 Å². The minimum atomic E-state index is -0.274. The third-order valence-corrected chi connectivity index (χ3v) is 5.61. The van der Waals surface area contributed by atoms with Crippen molar-refractivity contribution >= 4 is 0 Å². The van der Waals surface area contributed by atoms with Crippen molar-refractivity contribution in [2.45, 2.75) is 78.4 Å². The van der Waals surface area contributed by atoms with Gasteiger partial charge in [-0.05, 0) is 56.9 Å². The number of aryl methyl sites for hydroxylation is 1. The highest BCUT2D eigenvalue weighted by atomic mass is 16.3. The van der Waals surface area contributed by atoms with Crippen LogP contribution in [0.5, 0.6) is 0 Å². The van der Waals surface area contributed by atoms with Crippen molar-refractivity contribution < 1.29 is 5.11 Å². The standard InChI is InChI=1S/C18H29NO/c1-12-9-15-16(10-18(3,4)11-17(15)20)19(12)13(2)14-7-5-6-8-14/h9,13-14,17,20H,5-8,10-11H2,1-4H3. The molecule has 0 aliphatic heterocycles. The van der Waals surface area contributed by atoms with Crippen molar-refractivity contribution in [1.29, 1.82) is 0 Å². The van der Waals surface area contributed by atoms with Gasteiger partial charge in [0, 0.05) is 23.0 Å². The number of aliphatic hydroxyl groups is 1. The number of aromatic nitrogens is 1. The molecule has 0 spiro atoms. The molecule has 3 rings (SSSR count). The summed E-state index contributed by atoms with van der Waals surface area (Å²) in [7, 11) is 0. The van der Waals surface area contributed by atoms with Crippen LogP contribution in [0.2, 0.25) is 0 Å². The van der Waals surface area contributed by atoms with Crippen molar-refractivity contribution in [1.82, 2.24) is 4.57 Å². The molecule has 0 saturated heterocycles. The van der Waals surface area contributed by atoms with E-state index in [0.717, 1.165) is 18.8 Å². The van der Waals surface area contributed by atoms with Crippen LogP contribution in [0.4, 0.5) is 0 Å². The largest absolute Gasteiger partial charge is 0.388 e. The van der Waals surface area contributed by atoms with E-state index in [0.29, 0.717) is 6.04 Å². The Labute approximate surface area is 123 Å². The number of aliphatic hydroxyl groups excluding tert-OH is 1. The summed E-state index contributed by atoms with van der Waals surface area (Å²) >= 11 is 0. The van der Waals surface area contributed by atoms with Gasteiger partial charge < -0.3 is 9.67 Å². The second-order valence-electron chi connectivity index (χ2n) is 7.90.